The Bertz CT molecular complexity index is 1340. The zero-order valence-electron chi connectivity index (χ0n) is 31.3. The van der Waals surface area contributed by atoms with Gasteiger partial charge in [0.2, 0.25) is 17.6 Å². The Morgan fingerprint density at radius 1 is 0.898 bits per heavy atom. The van der Waals surface area contributed by atoms with Crippen molar-refractivity contribution in [2.45, 2.75) is 144 Å². The number of ketones is 1. The second-order valence-electron chi connectivity index (χ2n) is 18.1. The number of urea groups is 1. The number of hydrogen-bond acceptors (Lipinski definition) is 7. The molecule has 2 saturated carbocycles. The molecule has 12 nitrogen and oxygen atoms in total. The Morgan fingerprint density at radius 3 is 2.00 bits per heavy atom. The molecule has 0 aromatic carbocycles. The molecule has 0 radical (unpaired) electrons. The lowest BCUT2D eigenvalue weighted by Gasteiger charge is -2.48. The van der Waals surface area contributed by atoms with E-state index in [2.05, 4.69) is 16.0 Å². The van der Waals surface area contributed by atoms with Crippen LogP contribution >= 0.6 is 0 Å². The third kappa shape index (κ3) is 12.0. The number of nitrogens with two attached hydrogens (primary N) is 1. The highest BCUT2D eigenvalue weighted by Crippen LogP contribution is 2.40. The topological polar surface area (TPSA) is 185 Å². The predicted octanol–water partition coefficient (Wildman–Crippen LogP) is 3.71. The van der Waals surface area contributed by atoms with Gasteiger partial charge >= 0.3 is 6.03 Å². The summed E-state index contributed by atoms with van der Waals surface area (Å²) in [5.74, 6) is -2.90. The largest absolute Gasteiger partial charge is 0.363 e. The van der Waals surface area contributed by atoms with Crippen LogP contribution in [0.2, 0.25) is 0 Å². The molecule has 280 valence electrons. The van der Waals surface area contributed by atoms with Crippen molar-refractivity contribution in [3.8, 4) is 0 Å². The molecule has 0 spiro atoms. The number of likely N-dealkylation sites (tertiary alicyclic amines) is 1. The highest BCUT2D eigenvalue weighted by molar-refractivity contribution is 7.91. The number of primary amides is 1. The van der Waals surface area contributed by atoms with Gasteiger partial charge < -0.3 is 26.6 Å². The van der Waals surface area contributed by atoms with E-state index in [1.54, 1.807) is 0 Å². The summed E-state index contributed by atoms with van der Waals surface area (Å²) in [6.45, 7) is 17.4. The molecule has 5 atom stereocenters. The Hall–Kier alpha value is -2.70. The van der Waals surface area contributed by atoms with E-state index < -0.39 is 74.4 Å². The molecule has 49 heavy (non-hydrogen) atoms. The highest BCUT2D eigenvalue weighted by atomic mass is 32.2. The maximum atomic E-state index is 14.5. The summed E-state index contributed by atoms with van der Waals surface area (Å²) >= 11 is 0. The lowest BCUT2D eigenvalue weighted by atomic mass is 9.71. The first kappa shape index (κ1) is 40.7. The van der Waals surface area contributed by atoms with Gasteiger partial charge in [0.25, 0.3) is 5.91 Å². The molecule has 0 aromatic heterocycles. The minimum atomic E-state index is -3.50. The molecular formula is C36H63N5O7S. The molecule has 1 aliphatic heterocycles. The van der Waals surface area contributed by atoms with Gasteiger partial charge in [0.05, 0.1) is 17.5 Å². The summed E-state index contributed by atoms with van der Waals surface area (Å²) in [6.07, 6.45) is 7.07. The Labute approximate surface area is 294 Å². The second-order valence-corrected chi connectivity index (χ2v) is 20.2. The van der Waals surface area contributed by atoms with Gasteiger partial charge in [0, 0.05) is 12.6 Å². The van der Waals surface area contributed by atoms with Crippen LogP contribution < -0.4 is 21.7 Å². The SMILES string of the molecule is CC1CN(C(=O)[C@@H](NC(=O)N[C@H](CS(=O)(=O)CC(C)(C)C)C2CCCCC2)C(C)(C)C)[C@H](C(=O)NC(CC2CC2)C(=O)C(N)=O)CC1(C)C. The first-order chi connectivity index (χ1) is 22.4. The van der Waals surface area contributed by atoms with Gasteiger partial charge in [-0.05, 0) is 59.7 Å². The van der Waals surface area contributed by atoms with Crippen molar-refractivity contribution in [2.24, 2.45) is 39.7 Å². The van der Waals surface area contributed by atoms with Crippen LogP contribution in [0.25, 0.3) is 0 Å². The van der Waals surface area contributed by atoms with E-state index in [4.69, 9.17) is 5.73 Å². The summed E-state index contributed by atoms with van der Waals surface area (Å²) in [5, 5.41) is 8.59. The van der Waals surface area contributed by atoms with Crippen LogP contribution in [0.1, 0.15) is 120 Å². The molecule has 1 saturated heterocycles. The summed E-state index contributed by atoms with van der Waals surface area (Å²) in [7, 11) is -3.50. The minimum absolute atomic E-state index is 0.00276. The van der Waals surface area contributed by atoms with Crippen LogP contribution in [0.5, 0.6) is 0 Å². The van der Waals surface area contributed by atoms with E-state index >= 15 is 0 Å². The maximum Gasteiger partial charge on any atom is 0.315 e. The molecule has 1 heterocycles. The van der Waals surface area contributed by atoms with E-state index in [0.717, 1.165) is 44.9 Å². The quantitative estimate of drug-likeness (QED) is 0.210. The standard InChI is InChI=1S/C36H63N5O7S/c1-22-19-41(27(18-36(22,8)9)31(44)38-25(17-23-15-16-23)28(42)30(37)43)32(45)29(35(5,6)7)40-33(46)39-26(24-13-11-10-12-14-24)20-49(47,48)21-34(2,3)4/h22-27,29H,10-21H2,1-9H3,(H2,37,43)(H,38,44)(H2,39,40,46)/t22?,25?,26-,27+,29-/m1/s1. The minimum Gasteiger partial charge on any atom is -0.363 e. The second kappa shape index (κ2) is 15.7. The van der Waals surface area contributed by atoms with Crippen molar-refractivity contribution in [3.05, 3.63) is 0 Å². The lowest BCUT2D eigenvalue weighted by Crippen LogP contribution is -2.65. The van der Waals surface area contributed by atoms with E-state index in [1.807, 2.05) is 62.3 Å². The van der Waals surface area contributed by atoms with Gasteiger partial charge in [0.1, 0.15) is 12.1 Å². The smallest absolute Gasteiger partial charge is 0.315 e. The monoisotopic (exact) mass is 709 g/mol. The van der Waals surface area contributed by atoms with Gasteiger partial charge in [-0.25, -0.2) is 13.2 Å². The van der Waals surface area contributed by atoms with Crippen LogP contribution in [0.15, 0.2) is 0 Å². The average molecular weight is 710 g/mol. The highest BCUT2D eigenvalue weighted by Gasteiger charge is 2.48. The van der Waals surface area contributed by atoms with E-state index in [-0.39, 0.29) is 41.2 Å². The normalized spacial score (nSPS) is 23.9. The number of sulfone groups is 1. The molecule has 2 unspecified atom stereocenters. The van der Waals surface area contributed by atoms with Crippen LogP contribution in [0, 0.1) is 34.0 Å². The maximum absolute atomic E-state index is 14.5. The van der Waals surface area contributed by atoms with E-state index in [9.17, 15) is 32.4 Å². The van der Waals surface area contributed by atoms with Gasteiger partial charge in [-0.2, -0.15) is 0 Å². The van der Waals surface area contributed by atoms with Crippen molar-refractivity contribution < 1.29 is 32.4 Å². The Balaban J connectivity index is 1.86. The molecular weight excluding hydrogens is 646 g/mol. The number of carbonyl (C=O) groups is 5. The third-order valence-electron chi connectivity index (χ3n) is 10.6. The summed E-state index contributed by atoms with van der Waals surface area (Å²) < 4.78 is 26.5. The fourth-order valence-corrected chi connectivity index (χ4v) is 9.63. The van der Waals surface area contributed by atoms with Crippen molar-refractivity contribution in [2.75, 3.05) is 18.1 Å². The molecule has 5 amide bonds. The van der Waals surface area contributed by atoms with Crippen molar-refractivity contribution in [1.29, 1.82) is 0 Å². The number of nitrogens with one attached hydrogen (secondary N) is 3. The molecule has 3 aliphatic rings. The summed E-state index contributed by atoms with van der Waals surface area (Å²) in [5.41, 5.74) is 3.78. The third-order valence-corrected chi connectivity index (χ3v) is 12.8. The zero-order valence-corrected chi connectivity index (χ0v) is 32.1. The van der Waals surface area contributed by atoms with Crippen LogP contribution in [-0.2, 0) is 29.0 Å². The summed E-state index contributed by atoms with van der Waals surface area (Å²) in [6, 6.07) is -4.30. The lowest BCUT2D eigenvalue weighted by molar-refractivity contribution is -0.151. The number of amides is 5. The van der Waals surface area contributed by atoms with Crippen molar-refractivity contribution in [1.82, 2.24) is 20.9 Å². The number of nitrogens with zero attached hydrogens (tertiary/aromatic N) is 1. The van der Waals surface area contributed by atoms with Crippen LogP contribution in [0.4, 0.5) is 4.79 Å². The fourth-order valence-electron chi connectivity index (χ4n) is 7.29. The molecule has 0 bridgehead atoms. The average Bonchev–Trinajstić information content (AvgIpc) is 3.78. The molecule has 0 aromatic rings. The van der Waals surface area contributed by atoms with Crippen LogP contribution in [-0.4, -0.2) is 85.1 Å². The first-order valence-corrected chi connectivity index (χ1v) is 19.9. The van der Waals surface area contributed by atoms with E-state index in [0.29, 0.717) is 12.8 Å². The first-order valence-electron chi connectivity index (χ1n) is 18.1. The molecule has 13 heteroatoms. The number of Topliss-reactive ketones (excluding diaryl/α,β-unsaturated/α-hetero) is 1. The molecule has 3 rings (SSSR count). The summed E-state index contributed by atoms with van der Waals surface area (Å²) in [4.78, 5) is 68.2. The van der Waals surface area contributed by atoms with Crippen molar-refractivity contribution in [3.63, 3.8) is 0 Å². The van der Waals surface area contributed by atoms with Gasteiger partial charge in [-0.1, -0.05) is 94.4 Å². The molecule has 5 N–H and O–H groups in total. The van der Waals surface area contributed by atoms with Gasteiger partial charge in [-0.15, -0.1) is 0 Å². The van der Waals surface area contributed by atoms with Gasteiger partial charge in [0.15, 0.2) is 9.84 Å². The Kier molecular flexibility index (Phi) is 13.0. The molecule has 2 aliphatic carbocycles. The number of piperidine rings is 1. The fraction of sp³-hybridized carbons (Fsp3) is 0.861. The number of hydrogen-bond donors (Lipinski definition) is 4. The Morgan fingerprint density at radius 2 is 1.49 bits per heavy atom. The number of rotatable bonds is 13. The zero-order chi connectivity index (χ0) is 37.1. The van der Waals surface area contributed by atoms with E-state index in [1.165, 1.54) is 4.90 Å². The van der Waals surface area contributed by atoms with Gasteiger partial charge in [-0.3, -0.25) is 19.2 Å². The number of carbonyl (C=O) groups excluding carboxylic acids is 5. The molecule has 3 fully saturated rings. The predicted molar refractivity (Wildman–Crippen MR) is 190 cm³/mol. The van der Waals surface area contributed by atoms with Crippen molar-refractivity contribution >= 4 is 39.4 Å². The van der Waals surface area contributed by atoms with Crippen LogP contribution in [0.3, 0.4) is 0 Å².